The monoisotopic (exact) mass is 245 g/mol. The minimum Gasteiger partial charge on any atom is -0.309 e. The minimum atomic E-state index is 0.325. The number of H-pyrrole nitrogens is 1. The van der Waals surface area contributed by atoms with Crippen molar-refractivity contribution < 1.29 is 0 Å². The van der Waals surface area contributed by atoms with Crippen LogP contribution in [0.4, 0.5) is 0 Å². The fourth-order valence-corrected chi connectivity index (χ4v) is 2.37. The molecule has 4 heteroatoms. The third-order valence-electron chi connectivity index (χ3n) is 2.55. The molecule has 0 saturated carbocycles. The van der Waals surface area contributed by atoms with Gasteiger partial charge in [-0.1, -0.05) is 6.07 Å². The predicted molar refractivity (Wildman–Crippen MR) is 71.7 cm³/mol. The smallest absolute Gasteiger partial charge is 0.0794 e. The van der Waals surface area contributed by atoms with E-state index in [2.05, 4.69) is 39.8 Å². The van der Waals surface area contributed by atoms with Crippen LogP contribution in [0.5, 0.6) is 0 Å². The summed E-state index contributed by atoms with van der Waals surface area (Å²) in [4.78, 5) is 1.21. The first-order valence-electron chi connectivity index (χ1n) is 5.54. The summed E-state index contributed by atoms with van der Waals surface area (Å²) in [6.45, 7) is 2.87. The first-order valence-corrected chi connectivity index (χ1v) is 6.42. The van der Waals surface area contributed by atoms with Gasteiger partial charge in [0, 0.05) is 24.6 Å². The molecule has 0 spiro atoms. The Morgan fingerprint density at radius 3 is 3.24 bits per heavy atom. The number of nitrogens with one attached hydrogen (secondary N) is 2. The molecule has 2 aromatic heterocycles. The SMILES string of the molecule is C#CCC(C)NCc1cn[nH]c1-c1cccs1. The molecule has 0 aliphatic rings. The molecular formula is C13H15N3S. The predicted octanol–water partition coefficient (Wildman–Crippen LogP) is 2.64. The average molecular weight is 245 g/mol. The van der Waals surface area contributed by atoms with Crippen molar-refractivity contribution in [3.8, 4) is 22.9 Å². The second-order valence-corrected chi connectivity index (χ2v) is 4.89. The van der Waals surface area contributed by atoms with Crippen molar-refractivity contribution in [3.63, 3.8) is 0 Å². The van der Waals surface area contributed by atoms with E-state index < -0.39 is 0 Å². The molecule has 0 amide bonds. The Bertz CT molecular complexity index is 493. The quantitative estimate of drug-likeness (QED) is 0.795. The van der Waals surface area contributed by atoms with E-state index >= 15 is 0 Å². The lowest BCUT2D eigenvalue weighted by Crippen LogP contribution is -2.24. The Hall–Kier alpha value is -1.57. The zero-order valence-electron chi connectivity index (χ0n) is 9.73. The molecular weight excluding hydrogens is 230 g/mol. The van der Waals surface area contributed by atoms with E-state index in [9.17, 15) is 0 Å². The average Bonchev–Trinajstić information content (AvgIpc) is 2.97. The van der Waals surface area contributed by atoms with Crippen molar-refractivity contribution in [3.05, 3.63) is 29.3 Å². The molecule has 2 N–H and O–H groups in total. The molecule has 2 rings (SSSR count). The van der Waals surface area contributed by atoms with Gasteiger partial charge in [0.05, 0.1) is 16.8 Å². The van der Waals surface area contributed by atoms with Crippen molar-refractivity contribution >= 4 is 11.3 Å². The lowest BCUT2D eigenvalue weighted by Gasteiger charge is -2.10. The fraction of sp³-hybridized carbons (Fsp3) is 0.308. The Balaban J connectivity index is 2.03. The molecule has 1 unspecified atom stereocenters. The summed E-state index contributed by atoms with van der Waals surface area (Å²) in [6.07, 6.45) is 7.89. The highest BCUT2D eigenvalue weighted by atomic mass is 32.1. The van der Waals surface area contributed by atoms with Crippen LogP contribution in [0.2, 0.25) is 0 Å². The number of terminal acetylenes is 1. The van der Waals surface area contributed by atoms with Crippen LogP contribution in [0.25, 0.3) is 10.6 Å². The first-order chi connectivity index (χ1) is 8.31. The second-order valence-electron chi connectivity index (χ2n) is 3.94. The third-order valence-corrected chi connectivity index (χ3v) is 3.44. The van der Waals surface area contributed by atoms with E-state index in [1.54, 1.807) is 11.3 Å². The lowest BCUT2D eigenvalue weighted by atomic mass is 10.2. The maximum Gasteiger partial charge on any atom is 0.0794 e. The van der Waals surface area contributed by atoms with Gasteiger partial charge in [-0.25, -0.2) is 0 Å². The highest BCUT2D eigenvalue weighted by molar-refractivity contribution is 7.13. The largest absolute Gasteiger partial charge is 0.309 e. The van der Waals surface area contributed by atoms with Crippen molar-refractivity contribution in [2.24, 2.45) is 0 Å². The summed E-state index contributed by atoms with van der Waals surface area (Å²) in [5.74, 6) is 2.66. The Labute approximate surface area is 105 Å². The highest BCUT2D eigenvalue weighted by Crippen LogP contribution is 2.25. The van der Waals surface area contributed by atoms with E-state index in [0.29, 0.717) is 6.04 Å². The van der Waals surface area contributed by atoms with Gasteiger partial charge in [-0.05, 0) is 18.4 Å². The second kappa shape index (κ2) is 5.67. The van der Waals surface area contributed by atoms with Crippen molar-refractivity contribution in [2.45, 2.75) is 25.9 Å². The van der Waals surface area contributed by atoms with Gasteiger partial charge in [-0.2, -0.15) is 5.10 Å². The molecule has 0 aliphatic carbocycles. The fourth-order valence-electron chi connectivity index (χ4n) is 1.61. The van der Waals surface area contributed by atoms with Gasteiger partial charge in [-0.15, -0.1) is 23.7 Å². The van der Waals surface area contributed by atoms with E-state index in [1.807, 2.05) is 12.3 Å². The van der Waals surface area contributed by atoms with Gasteiger partial charge >= 0.3 is 0 Å². The lowest BCUT2D eigenvalue weighted by molar-refractivity contribution is 0.560. The number of aromatic amines is 1. The van der Waals surface area contributed by atoms with Gasteiger partial charge in [0.1, 0.15) is 0 Å². The van der Waals surface area contributed by atoms with Gasteiger partial charge in [0.2, 0.25) is 0 Å². The molecule has 88 valence electrons. The molecule has 0 fully saturated rings. The number of aromatic nitrogens is 2. The molecule has 3 nitrogen and oxygen atoms in total. The standard InChI is InChI=1S/C13H15N3S/c1-3-5-10(2)14-8-11-9-15-16-13(11)12-6-4-7-17-12/h1,4,6-7,9-10,14H,5,8H2,2H3,(H,15,16). The molecule has 17 heavy (non-hydrogen) atoms. The Morgan fingerprint density at radius 1 is 1.65 bits per heavy atom. The van der Waals surface area contributed by atoms with Crippen LogP contribution in [0.15, 0.2) is 23.7 Å². The minimum absolute atomic E-state index is 0.325. The maximum absolute atomic E-state index is 5.28. The highest BCUT2D eigenvalue weighted by Gasteiger charge is 2.09. The molecule has 1 atom stereocenters. The molecule has 0 radical (unpaired) electrons. The van der Waals surface area contributed by atoms with Crippen LogP contribution in [-0.4, -0.2) is 16.2 Å². The molecule has 2 aromatic rings. The van der Waals surface area contributed by atoms with Crippen molar-refractivity contribution in [1.82, 2.24) is 15.5 Å². The van der Waals surface area contributed by atoms with Gasteiger partial charge in [-0.3, -0.25) is 5.10 Å². The zero-order chi connectivity index (χ0) is 12.1. The summed E-state index contributed by atoms with van der Waals surface area (Å²) in [6, 6.07) is 4.46. The van der Waals surface area contributed by atoms with Gasteiger partial charge < -0.3 is 5.32 Å². The third kappa shape index (κ3) is 2.96. The van der Waals surface area contributed by atoms with E-state index in [1.165, 1.54) is 10.4 Å². The van der Waals surface area contributed by atoms with Crippen LogP contribution in [0.3, 0.4) is 0 Å². The van der Waals surface area contributed by atoms with Crippen LogP contribution < -0.4 is 5.32 Å². The molecule has 0 bridgehead atoms. The van der Waals surface area contributed by atoms with E-state index in [0.717, 1.165) is 18.7 Å². The van der Waals surface area contributed by atoms with E-state index in [4.69, 9.17) is 6.42 Å². The molecule has 0 aromatic carbocycles. The Morgan fingerprint density at radius 2 is 2.53 bits per heavy atom. The summed E-state index contributed by atoms with van der Waals surface area (Å²) in [5, 5.41) is 12.6. The summed E-state index contributed by atoms with van der Waals surface area (Å²) >= 11 is 1.71. The van der Waals surface area contributed by atoms with Crippen LogP contribution >= 0.6 is 11.3 Å². The van der Waals surface area contributed by atoms with Crippen molar-refractivity contribution in [2.75, 3.05) is 0 Å². The summed E-state index contributed by atoms with van der Waals surface area (Å²) in [5.41, 5.74) is 2.27. The van der Waals surface area contributed by atoms with Crippen molar-refractivity contribution in [1.29, 1.82) is 0 Å². The Kier molecular flexibility index (Phi) is 3.97. The van der Waals surface area contributed by atoms with Crippen LogP contribution in [-0.2, 0) is 6.54 Å². The molecule has 0 aliphatic heterocycles. The summed E-state index contributed by atoms with van der Waals surface area (Å²) < 4.78 is 0. The molecule has 2 heterocycles. The first kappa shape index (κ1) is 11.9. The van der Waals surface area contributed by atoms with Gasteiger partial charge in [0.15, 0.2) is 0 Å². The number of hydrogen-bond acceptors (Lipinski definition) is 3. The number of thiophene rings is 1. The zero-order valence-corrected chi connectivity index (χ0v) is 10.6. The van der Waals surface area contributed by atoms with Crippen LogP contribution in [0, 0.1) is 12.3 Å². The maximum atomic E-state index is 5.28. The topological polar surface area (TPSA) is 40.7 Å². The van der Waals surface area contributed by atoms with E-state index in [-0.39, 0.29) is 0 Å². The van der Waals surface area contributed by atoms with Crippen LogP contribution in [0.1, 0.15) is 18.9 Å². The normalized spacial score (nSPS) is 12.2. The summed E-state index contributed by atoms with van der Waals surface area (Å²) in [7, 11) is 0. The number of rotatable bonds is 5. The van der Waals surface area contributed by atoms with Gasteiger partial charge in [0.25, 0.3) is 0 Å². The number of hydrogen-bond donors (Lipinski definition) is 2. The molecule has 0 saturated heterocycles. The number of nitrogens with zero attached hydrogens (tertiary/aromatic N) is 1.